The van der Waals surface area contributed by atoms with E-state index in [9.17, 15) is 0 Å². The van der Waals surface area contributed by atoms with Gasteiger partial charge in [-0.05, 0) is 43.4 Å². The predicted molar refractivity (Wildman–Crippen MR) is 81.1 cm³/mol. The number of hydrogen-bond acceptors (Lipinski definition) is 3. The molecular formula is C16H28N2O2. The molecule has 1 N–H and O–H groups in total. The van der Waals surface area contributed by atoms with Crippen molar-refractivity contribution in [1.82, 2.24) is 9.88 Å². The fourth-order valence-corrected chi connectivity index (χ4v) is 2.93. The normalized spacial score (nSPS) is 18.2. The summed E-state index contributed by atoms with van der Waals surface area (Å²) in [7, 11) is 1.70. The lowest BCUT2D eigenvalue weighted by Gasteiger charge is -2.22. The molecule has 0 amide bonds. The molecule has 1 aliphatic rings. The zero-order chi connectivity index (χ0) is 14.2. The van der Waals surface area contributed by atoms with Crippen LogP contribution in [0.5, 0.6) is 0 Å². The molecule has 114 valence electrons. The van der Waals surface area contributed by atoms with Crippen molar-refractivity contribution in [3.63, 3.8) is 0 Å². The highest BCUT2D eigenvalue weighted by Gasteiger charge is 2.20. The number of fused-ring (bicyclic) bond motifs is 1. The van der Waals surface area contributed by atoms with Crippen LogP contribution < -0.4 is 5.32 Å². The summed E-state index contributed by atoms with van der Waals surface area (Å²) in [6.45, 7) is 6.45. The summed E-state index contributed by atoms with van der Waals surface area (Å²) in [5.74, 6) is 0. The molecule has 20 heavy (non-hydrogen) atoms. The molecule has 0 aliphatic heterocycles. The molecule has 1 aliphatic carbocycles. The van der Waals surface area contributed by atoms with E-state index in [-0.39, 0.29) is 0 Å². The second-order valence-electron chi connectivity index (χ2n) is 5.44. The van der Waals surface area contributed by atoms with Gasteiger partial charge in [0.1, 0.15) is 0 Å². The molecule has 4 heteroatoms. The van der Waals surface area contributed by atoms with Crippen LogP contribution in [0.2, 0.25) is 0 Å². The number of ether oxygens (including phenoxy) is 2. The third kappa shape index (κ3) is 4.33. The summed E-state index contributed by atoms with van der Waals surface area (Å²) in [6, 6.07) is 0.558. The first-order valence-electron chi connectivity index (χ1n) is 7.83. The average molecular weight is 280 g/mol. The largest absolute Gasteiger partial charge is 0.382 e. The van der Waals surface area contributed by atoms with E-state index < -0.39 is 0 Å². The fourth-order valence-electron chi connectivity index (χ4n) is 2.93. The summed E-state index contributed by atoms with van der Waals surface area (Å²) in [5.41, 5.74) is 3.04. The molecule has 0 radical (unpaired) electrons. The summed E-state index contributed by atoms with van der Waals surface area (Å²) in [5, 5.41) is 3.59. The highest BCUT2D eigenvalue weighted by Crippen LogP contribution is 2.30. The van der Waals surface area contributed by atoms with Crippen molar-refractivity contribution in [2.75, 3.05) is 33.5 Å². The van der Waals surface area contributed by atoms with E-state index in [1.807, 2.05) is 0 Å². The topological polar surface area (TPSA) is 35.4 Å². The molecule has 1 heterocycles. The average Bonchev–Trinajstić information content (AvgIpc) is 2.87. The molecular weight excluding hydrogens is 252 g/mol. The van der Waals surface area contributed by atoms with Crippen LogP contribution >= 0.6 is 0 Å². The maximum Gasteiger partial charge on any atom is 0.0700 e. The maximum absolute atomic E-state index is 5.51. The third-order valence-corrected chi connectivity index (χ3v) is 3.90. The number of methoxy groups -OCH3 is 1. The van der Waals surface area contributed by atoms with Crippen molar-refractivity contribution in [1.29, 1.82) is 0 Å². The van der Waals surface area contributed by atoms with Crippen molar-refractivity contribution in [2.45, 2.75) is 45.2 Å². The number of nitrogens with one attached hydrogen (secondary N) is 1. The first-order valence-corrected chi connectivity index (χ1v) is 7.83. The van der Waals surface area contributed by atoms with Crippen molar-refractivity contribution in [3.05, 3.63) is 23.5 Å². The van der Waals surface area contributed by atoms with Gasteiger partial charge < -0.3 is 19.4 Å². The van der Waals surface area contributed by atoms with E-state index in [2.05, 4.69) is 29.2 Å². The number of aromatic nitrogens is 1. The fraction of sp³-hybridized carbons (Fsp3) is 0.750. The van der Waals surface area contributed by atoms with Crippen molar-refractivity contribution >= 4 is 0 Å². The maximum atomic E-state index is 5.51. The Kier molecular flexibility index (Phi) is 6.57. The van der Waals surface area contributed by atoms with Gasteiger partial charge in [0, 0.05) is 38.7 Å². The second kappa shape index (κ2) is 8.45. The van der Waals surface area contributed by atoms with Crippen molar-refractivity contribution in [2.24, 2.45) is 0 Å². The Labute approximate surface area is 122 Å². The Balaban J connectivity index is 1.79. The second-order valence-corrected chi connectivity index (χ2v) is 5.44. The molecule has 1 atom stereocenters. The minimum atomic E-state index is 0.558. The number of rotatable bonds is 9. The van der Waals surface area contributed by atoms with Crippen LogP contribution in [-0.2, 0) is 22.4 Å². The molecule has 0 bridgehead atoms. The van der Waals surface area contributed by atoms with Gasteiger partial charge in [0.15, 0.2) is 0 Å². The van der Waals surface area contributed by atoms with Crippen LogP contribution in [0.15, 0.2) is 12.4 Å². The summed E-state index contributed by atoms with van der Waals surface area (Å²) < 4.78 is 12.8. The van der Waals surface area contributed by atoms with Crippen molar-refractivity contribution in [3.8, 4) is 0 Å². The van der Waals surface area contributed by atoms with E-state index in [1.54, 1.807) is 7.11 Å². The predicted octanol–water partition coefficient (Wildman–Crippen LogP) is 2.53. The van der Waals surface area contributed by atoms with E-state index in [0.29, 0.717) is 19.3 Å². The van der Waals surface area contributed by atoms with Crippen LogP contribution in [0.25, 0.3) is 0 Å². The van der Waals surface area contributed by atoms with E-state index in [4.69, 9.17) is 9.47 Å². The standard InChI is InChI=1S/C16H28N2O2/c1-3-17-16-7-4-6-14-12-18(13-15(14)16)8-5-9-20-11-10-19-2/h12-13,16-17H,3-11H2,1-2H3. The van der Waals surface area contributed by atoms with Gasteiger partial charge in [0.05, 0.1) is 13.2 Å². The number of hydrogen-bond donors (Lipinski definition) is 1. The molecule has 2 rings (SSSR count). The smallest absolute Gasteiger partial charge is 0.0700 e. The van der Waals surface area contributed by atoms with E-state index in [0.717, 1.165) is 26.1 Å². The van der Waals surface area contributed by atoms with Crippen LogP contribution in [0.1, 0.15) is 43.4 Å². The summed E-state index contributed by atoms with van der Waals surface area (Å²) >= 11 is 0. The van der Waals surface area contributed by atoms with Gasteiger partial charge >= 0.3 is 0 Å². The highest BCUT2D eigenvalue weighted by atomic mass is 16.5. The van der Waals surface area contributed by atoms with Gasteiger partial charge in [-0.2, -0.15) is 0 Å². The molecule has 0 saturated carbocycles. The Morgan fingerprint density at radius 3 is 3.00 bits per heavy atom. The SMILES string of the molecule is CCNC1CCCc2cn(CCCOCCOC)cc21. The first kappa shape index (κ1) is 15.5. The van der Waals surface area contributed by atoms with Crippen LogP contribution in [0.3, 0.4) is 0 Å². The number of nitrogens with zero attached hydrogens (tertiary/aromatic N) is 1. The Hall–Kier alpha value is -0.840. The molecule has 1 aromatic heterocycles. The molecule has 1 aromatic rings. The molecule has 0 fully saturated rings. The monoisotopic (exact) mass is 280 g/mol. The molecule has 1 unspecified atom stereocenters. The van der Waals surface area contributed by atoms with Gasteiger partial charge in [-0.15, -0.1) is 0 Å². The van der Waals surface area contributed by atoms with Gasteiger partial charge in [-0.1, -0.05) is 6.92 Å². The first-order chi connectivity index (χ1) is 9.85. The van der Waals surface area contributed by atoms with Crippen LogP contribution in [-0.4, -0.2) is 38.0 Å². The third-order valence-electron chi connectivity index (χ3n) is 3.90. The number of aryl methyl sites for hydroxylation is 2. The van der Waals surface area contributed by atoms with Crippen molar-refractivity contribution < 1.29 is 9.47 Å². The summed E-state index contributed by atoms with van der Waals surface area (Å²) in [4.78, 5) is 0. The zero-order valence-electron chi connectivity index (χ0n) is 12.9. The minimum Gasteiger partial charge on any atom is -0.382 e. The molecule has 0 saturated heterocycles. The molecule has 0 spiro atoms. The lowest BCUT2D eigenvalue weighted by molar-refractivity contribution is 0.0680. The summed E-state index contributed by atoms with van der Waals surface area (Å²) in [6.07, 6.45) is 9.52. The van der Waals surface area contributed by atoms with E-state index in [1.165, 1.54) is 30.4 Å². The Morgan fingerprint density at radius 1 is 1.30 bits per heavy atom. The van der Waals surface area contributed by atoms with Gasteiger partial charge in [0.25, 0.3) is 0 Å². The molecule has 4 nitrogen and oxygen atoms in total. The van der Waals surface area contributed by atoms with Gasteiger partial charge in [-0.3, -0.25) is 0 Å². The lowest BCUT2D eigenvalue weighted by atomic mass is 9.91. The van der Waals surface area contributed by atoms with Gasteiger partial charge in [-0.25, -0.2) is 0 Å². The lowest BCUT2D eigenvalue weighted by Crippen LogP contribution is -2.23. The van der Waals surface area contributed by atoms with Gasteiger partial charge in [0.2, 0.25) is 0 Å². The molecule has 0 aromatic carbocycles. The minimum absolute atomic E-state index is 0.558. The van der Waals surface area contributed by atoms with Crippen LogP contribution in [0, 0.1) is 0 Å². The highest BCUT2D eigenvalue weighted by molar-refractivity contribution is 5.30. The zero-order valence-corrected chi connectivity index (χ0v) is 12.9. The van der Waals surface area contributed by atoms with Crippen LogP contribution in [0.4, 0.5) is 0 Å². The quantitative estimate of drug-likeness (QED) is 0.706. The Morgan fingerprint density at radius 2 is 2.20 bits per heavy atom. The Bertz CT molecular complexity index is 390. The van der Waals surface area contributed by atoms with E-state index >= 15 is 0 Å².